The highest BCUT2D eigenvalue weighted by Crippen LogP contribution is 2.16. The normalized spacial score (nSPS) is 11.2. The number of rotatable bonds is 4. The quantitative estimate of drug-likeness (QED) is 0.520. The molecule has 0 saturated heterocycles. The Morgan fingerprint density at radius 2 is 2.20 bits per heavy atom. The maximum Gasteiger partial charge on any atom is 0.371 e. The molecular weight excluding hydrogens is 260 g/mol. The summed E-state index contributed by atoms with van der Waals surface area (Å²) in [7, 11) is 1.34. The molecule has 0 fully saturated rings. The molecule has 1 rings (SSSR count). The summed E-state index contributed by atoms with van der Waals surface area (Å²) in [5, 5.41) is 9.47. The number of hydrogen-bond acceptors (Lipinski definition) is 2. The minimum atomic E-state index is -1.07. The van der Waals surface area contributed by atoms with Crippen LogP contribution in [0, 0.1) is 0 Å². The van der Waals surface area contributed by atoms with Crippen molar-refractivity contribution in [2.75, 3.05) is 7.11 Å². The number of aliphatic carboxylic acids is 1. The summed E-state index contributed by atoms with van der Waals surface area (Å²) in [6.45, 7) is 0. The van der Waals surface area contributed by atoms with E-state index in [-0.39, 0.29) is 5.76 Å². The smallest absolute Gasteiger partial charge is 0.371 e. The topological polar surface area (TPSA) is 46.5 Å². The van der Waals surface area contributed by atoms with E-state index >= 15 is 0 Å². The number of hydrogen-bond donors (Lipinski definition) is 1. The molecule has 0 unspecified atom stereocenters. The van der Waals surface area contributed by atoms with Crippen molar-refractivity contribution in [3.05, 3.63) is 41.2 Å². The Balaban J connectivity index is 3.10. The summed E-state index contributed by atoms with van der Waals surface area (Å²) in [4.78, 5) is 10.7. The van der Waals surface area contributed by atoms with Gasteiger partial charge in [0.25, 0.3) is 0 Å². The van der Waals surface area contributed by atoms with Crippen LogP contribution in [-0.2, 0) is 14.9 Å². The zero-order valence-electron chi connectivity index (χ0n) is 8.24. The van der Waals surface area contributed by atoms with Crippen LogP contribution in [0.2, 0.25) is 0 Å². The fourth-order valence-corrected chi connectivity index (χ4v) is 1.66. The van der Waals surface area contributed by atoms with Crippen molar-refractivity contribution in [1.82, 2.24) is 0 Å². The van der Waals surface area contributed by atoms with Gasteiger partial charge in [0.05, 0.1) is 7.11 Å². The van der Waals surface area contributed by atoms with Gasteiger partial charge in [-0.3, -0.25) is 0 Å². The number of alkyl halides is 1. The number of ether oxygens (including phenoxy) is 1. The molecule has 0 spiro atoms. The fourth-order valence-electron chi connectivity index (χ4n) is 1.15. The lowest BCUT2D eigenvalue weighted by Gasteiger charge is -2.04. The van der Waals surface area contributed by atoms with E-state index in [1.807, 2.05) is 24.3 Å². The van der Waals surface area contributed by atoms with Crippen LogP contribution in [0.5, 0.6) is 0 Å². The van der Waals surface area contributed by atoms with Crippen LogP contribution in [0.15, 0.2) is 30.0 Å². The first-order valence-electron chi connectivity index (χ1n) is 4.32. The van der Waals surface area contributed by atoms with E-state index < -0.39 is 5.97 Å². The molecular formula is C11H11BrO3. The van der Waals surface area contributed by atoms with Gasteiger partial charge in [-0.2, -0.15) is 0 Å². The zero-order valence-corrected chi connectivity index (χ0v) is 9.82. The Morgan fingerprint density at radius 3 is 2.73 bits per heavy atom. The van der Waals surface area contributed by atoms with Gasteiger partial charge in [0.15, 0.2) is 0 Å². The third-order valence-corrected chi connectivity index (χ3v) is 2.52. The number of carbonyl (C=O) groups is 1. The maximum atomic E-state index is 10.7. The molecule has 1 N–H and O–H groups in total. The molecule has 80 valence electrons. The molecule has 1 aromatic rings. The van der Waals surface area contributed by atoms with Crippen LogP contribution in [0.25, 0.3) is 6.08 Å². The van der Waals surface area contributed by atoms with Crippen molar-refractivity contribution in [3.63, 3.8) is 0 Å². The van der Waals surface area contributed by atoms with E-state index in [1.54, 1.807) is 0 Å². The van der Waals surface area contributed by atoms with Crippen molar-refractivity contribution in [1.29, 1.82) is 0 Å². The van der Waals surface area contributed by atoms with Gasteiger partial charge >= 0.3 is 5.97 Å². The molecule has 4 heteroatoms. The largest absolute Gasteiger partial charge is 0.490 e. The Kier molecular flexibility index (Phi) is 4.37. The monoisotopic (exact) mass is 270 g/mol. The summed E-state index contributed by atoms with van der Waals surface area (Å²) in [6.07, 6.45) is 1.51. The van der Waals surface area contributed by atoms with E-state index in [4.69, 9.17) is 9.84 Å². The van der Waals surface area contributed by atoms with Crippen molar-refractivity contribution >= 4 is 28.0 Å². The van der Waals surface area contributed by atoms with Gasteiger partial charge < -0.3 is 9.84 Å². The SMILES string of the molecule is COC(=Cc1ccccc1CBr)C(=O)O. The summed E-state index contributed by atoms with van der Waals surface area (Å²) in [5.74, 6) is -1.13. The van der Waals surface area contributed by atoms with Gasteiger partial charge in [-0.05, 0) is 17.2 Å². The van der Waals surface area contributed by atoms with Gasteiger partial charge in [0.2, 0.25) is 5.76 Å². The minimum absolute atomic E-state index is 0.0663. The summed E-state index contributed by atoms with van der Waals surface area (Å²) < 4.78 is 4.76. The third kappa shape index (κ3) is 3.09. The lowest BCUT2D eigenvalue weighted by molar-refractivity contribution is -0.135. The predicted molar refractivity (Wildman–Crippen MR) is 61.7 cm³/mol. The summed E-state index contributed by atoms with van der Waals surface area (Å²) in [6, 6.07) is 7.53. The van der Waals surface area contributed by atoms with Crippen molar-refractivity contribution in [3.8, 4) is 0 Å². The molecule has 0 amide bonds. The molecule has 0 saturated carbocycles. The highest BCUT2D eigenvalue weighted by molar-refractivity contribution is 9.08. The molecule has 1 aromatic carbocycles. The molecule has 0 bridgehead atoms. The van der Waals surface area contributed by atoms with Crippen LogP contribution in [0.4, 0.5) is 0 Å². The second-order valence-electron chi connectivity index (χ2n) is 2.85. The first-order valence-corrected chi connectivity index (χ1v) is 5.44. The number of benzene rings is 1. The molecule has 0 aliphatic heterocycles. The predicted octanol–water partition coefficient (Wildman–Crippen LogP) is 2.65. The second-order valence-corrected chi connectivity index (χ2v) is 3.41. The molecule has 0 aliphatic carbocycles. The van der Waals surface area contributed by atoms with Gasteiger partial charge in [0.1, 0.15) is 0 Å². The first kappa shape index (κ1) is 11.8. The summed E-state index contributed by atoms with van der Waals surface area (Å²) >= 11 is 3.34. The van der Waals surface area contributed by atoms with Crippen molar-refractivity contribution < 1.29 is 14.6 Å². The van der Waals surface area contributed by atoms with E-state index in [9.17, 15) is 4.79 Å². The molecule has 0 atom stereocenters. The van der Waals surface area contributed by atoms with Crippen LogP contribution < -0.4 is 0 Å². The highest BCUT2D eigenvalue weighted by Gasteiger charge is 2.07. The minimum Gasteiger partial charge on any atom is -0.490 e. The molecule has 0 aromatic heterocycles. The number of carboxylic acids is 1. The van der Waals surface area contributed by atoms with Gasteiger partial charge in [-0.15, -0.1) is 0 Å². The number of halogens is 1. The number of carboxylic acid groups (broad SMARTS) is 1. The Labute approximate surface area is 96.5 Å². The Morgan fingerprint density at radius 1 is 1.53 bits per heavy atom. The van der Waals surface area contributed by atoms with Crippen LogP contribution in [0.1, 0.15) is 11.1 Å². The number of methoxy groups -OCH3 is 1. The molecule has 0 aliphatic rings. The van der Waals surface area contributed by atoms with E-state index in [0.717, 1.165) is 11.1 Å². The lowest BCUT2D eigenvalue weighted by Crippen LogP contribution is -2.02. The Hall–Kier alpha value is -1.29. The first-order chi connectivity index (χ1) is 7.19. The molecule has 0 heterocycles. The van der Waals surface area contributed by atoms with Crippen LogP contribution in [0.3, 0.4) is 0 Å². The van der Waals surface area contributed by atoms with E-state index in [2.05, 4.69) is 15.9 Å². The van der Waals surface area contributed by atoms with Crippen molar-refractivity contribution in [2.24, 2.45) is 0 Å². The summed E-state index contributed by atoms with van der Waals surface area (Å²) in [5.41, 5.74) is 1.86. The van der Waals surface area contributed by atoms with Crippen LogP contribution >= 0.6 is 15.9 Å². The Bertz CT molecular complexity index is 385. The third-order valence-electron chi connectivity index (χ3n) is 1.92. The molecule has 3 nitrogen and oxygen atoms in total. The average Bonchev–Trinajstić information content (AvgIpc) is 2.25. The van der Waals surface area contributed by atoms with Gasteiger partial charge in [-0.1, -0.05) is 40.2 Å². The van der Waals surface area contributed by atoms with Gasteiger partial charge in [0, 0.05) is 5.33 Å². The highest BCUT2D eigenvalue weighted by atomic mass is 79.9. The van der Waals surface area contributed by atoms with E-state index in [0.29, 0.717) is 5.33 Å². The molecule has 15 heavy (non-hydrogen) atoms. The standard InChI is InChI=1S/C11H11BrO3/c1-15-10(11(13)14)6-8-4-2-3-5-9(8)7-12/h2-6H,7H2,1H3,(H,13,14). The van der Waals surface area contributed by atoms with Gasteiger partial charge in [-0.25, -0.2) is 4.79 Å². The molecule has 0 radical (unpaired) electrons. The fraction of sp³-hybridized carbons (Fsp3) is 0.182. The van der Waals surface area contributed by atoms with E-state index in [1.165, 1.54) is 13.2 Å². The van der Waals surface area contributed by atoms with Crippen LogP contribution in [-0.4, -0.2) is 18.2 Å². The maximum absolute atomic E-state index is 10.7. The zero-order chi connectivity index (χ0) is 11.3. The second kappa shape index (κ2) is 5.56. The lowest BCUT2D eigenvalue weighted by atomic mass is 10.1. The van der Waals surface area contributed by atoms with Crippen molar-refractivity contribution in [2.45, 2.75) is 5.33 Å². The average molecular weight is 271 g/mol.